The van der Waals surface area contributed by atoms with Gasteiger partial charge in [0.15, 0.2) is 0 Å². The van der Waals surface area contributed by atoms with Crippen LogP contribution in [0.25, 0.3) is 0 Å². The van der Waals surface area contributed by atoms with Gasteiger partial charge in [0.05, 0.1) is 0 Å². The SMILES string of the molecule is CC1CCC2(CC2)NC1. The lowest BCUT2D eigenvalue weighted by molar-refractivity contribution is 0.313. The van der Waals surface area contributed by atoms with Crippen molar-refractivity contribution in [3.05, 3.63) is 0 Å². The van der Waals surface area contributed by atoms with E-state index >= 15 is 0 Å². The topological polar surface area (TPSA) is 12.0 Å². The highest BCUT2D eigenvalue weighted by Gasteiger charge is 2.43. The van der Waals surface area contributed by atoms with Crippen molar-refractivity contribution in [2.45, 2.75) is 38.1 Å². The minimum atomic E-state index is 0.659. The number of rotatable bonds is 0. The Hall–Kier alpha value is -0.0400. The number of piperidine rings is 1. The fourth-order valence-electron chi connectivity index (χ4n) is 1.68. The molecule has 0 bridgehead atoms. The van der Waals surface area contributed by atoms with Crippen LogP contribution >= 0.6 is 0 Å². The normalized spacial score (nSPS) is 39.0. The molecule has 1 nitrogen and oxygen atoms in total. The molecule has 1 aliphatic heterocycles. The zero-order chi connectivity index (χ0) is 6.32. The van der Waals surface area contributed by atoms with Crippen LogP contribution in [0.4, 0.5) is 0 Å². The molecule has 1 atom stereocenters. The minimum absolute atomic E-state index is 0.659. The maximum absolute atomic E-state index is 3.62. The zero-order valence-corrected chi connectivity index (χ0v) is 6.11. The first-order valence-corrected chi connectivity index (χ1v) is 4.06. The van der Waals surface area contributed by atoms with Gasteiger partial charge in [-0.05, 0) is 38.1 Å². The highest BCUT2D eigenvalue weighted by Crippen LogP contribution is 2.42. The monoisotopic (exact) mass is 125 g/mol. The molecule has 2 rings (SSSR count). The third kappa shape index (κ3) is 0.983. The highest BCUT2D eigenvalue weighted by atomic mass is 15.0. The van der Waals surface area contributed by atoms with Gasteiger partial charge in [-0.2, -0.15) is 0 Å². The quantitative estimate of drug-likeness (QED) is 0.518. The van der Waals surface area contributed by atoms with Crippen molar-refractivity contribution in [1.29, 1.82) is 0 Å². The van der Waals surface area contributed by atoms with E-state index in [2.05, 4.69) is 12.2 Å². The van der Waals surface area contributed by atoms with Crippen LogP contribution in [0.2, 0.25) is 0 Å². The van der Waals surface area contributed by atoms with Crippen molar-refractivity contribution in [2.24, 2.45) is 5.92 Å². The van der Waals surface area contributed by atoms with Gasteiger partial charge in [0.2, 0.25) is 0 Å². The van der Waals surface area contributed by atoms with Crippen LogP contribution in [0.15, 0.2) is 0 Å². The van der Waals surface area contributed by atoms with E-state index in [1.165, 1.54) is 32.2 Å². The Morgan fingerprint density at radius 2 is 2.11 bits per heavy atom. The first-order chi connectivity index (χ1) is 4.31. The Bertz CT molecular complexity index is 106. The standard InChI is InChI=1S/C8H15N/c1-7-2-3-8(4-5-8)9-6-7/h7,9H,2-6H2,1H3. The fraction of sp³-hybridized carbons (Fsp3) is 1.00. The summed E-state index contributed by atoms with van der Waals surface area (Å²) in [6, 6.07) is 0. The van der Waals surface area contributed by atoms with Crippen LogP contribution < -0.4 is 5.32 Å². The van der Waals surface area contributed by atoms with Crippen LogP contribution in [0.1, 0.15) is 32.6 Å². The maximum Gasteiger partial charge on any atom is 0.0183 e. The Kier molecular flexibility index (Phi) is 1.10. The molecular weight excluding hydrogens is 110 g/mol. The second kappa shape index (κ2) is 1.72. The Morgan fingerprint density at radius 1 is 1.33 bits per heavy atom. The second-order valence-electron chi connectivity index (χ2n) is 3.81. The summed E-state index contributed by atoms with van der Waals surface area (Å²) in [5.41, 5.74) is 0.659. The van der Waals surface area contributed by atoms with Gasteiger partial charge in [-0.15, -0.1) is 0 Å². The van der Waals surface area contributed by atoms with Crippen molar-refractivity contribution < 1.29 is 0 Å². The van der Waals surface area contributed by atoms with Crippen LogP contribution in [-0.2, 0) is 0 Å². The summed E-state index contributed by atoms with van der Waals surface area (Å²) in [6.45, 7) is 3.60. The van der Waals surface area contributed by atoms with Gasteiger partial charge in [0.25, 0.3) is 0 Å². The van der Waals surface area contributed by atoms with Gasteiger partial charge in [-0.1, -0.05) is 6.92 Å². The summed E-state index contributed by atoms with van der Waals surface area (Å²) in [7, 11) is 0. The molecular formula is C8H15N. The third-order valence-corrected chi connectivity index (χ3v) is 2.79. The molecule has 0 aromatic rings. The number of hydrogen-bond acceptors (Lipinski definition) is 1. The Balaban J connectivity index is 1.91. The van der Waals surface area contributed by atoms with Crippen LogP contribution in [-0.4, -0.2) is 12.1 Å². The Labute approximate surface area is 56.8 Å². The van der Waals surface area contributed by atoms with Gasteiger partial charge >= 0.3 is 0 Å². The molecule has 1 heteroatoms. The van der Waals surface area contributed by atoms with Crippen LogP contribution in [0, 0.1) is 5.92 Å². The third-order valence-electron chi connectivity index (χ3n) is 2.79. The molecule has 0 amide bonds. The molecule has 1 saturated heterocycles. The lowest BCUT2D eigenvalue weighted by Crippen LogP contribution is -2.39. The van der Waals surface area contributed by atoms with Crippen molar-refractivity contribution in [3.63, 3.8) is 0 Å². The van der Waals surface area contributed by atoms with Gasteiger partial charge in [-0.3, -0.25) is 0 Å². The smallest absolute Gasteiger partial charge is 0.0183 e. The summed E-state index contributed by atoms with van der Waals surface area (Å²) in [5, 5.41) is 3.62. The molecule has 0 aromatic heterocycles. The van der Waals surface area contributed by atoms with Crippen molar-refractivity contribution in [3.8, 4) is 0 Å². The molecule has 0 aromatic carbocycles. The van der Waals surface area contributed by atoms with Gasteiger partial charge in [0.1, 0.15) is 0 Å². The molecule has 1 spiro atoms. The summed E-state index contributed by atoms with van der Waals surface area (Å²) in [5.74, 6) is 0.927. The largest absolute Gasteiger partial charge is 0.311 e. The molecule has 9 heavy (non-hydrogen) atoms. The second-order valence-corrected chi connectivity index (χ2v) is 3.81. The molecule has 52 valence electrons. The molecule has 0 radical (unpaired) electrons. The molecule has 1 aliphatic carbocycles. The van der Waals surface area contributed by atoms with Gasteiger partial charge in [-0.25, -0.2) is 0 Å². The first-order valence-electron chi connectivity index (χ1n) is 4.06. The first kappa shape index (κ1) is 5.72. The Morgan fingerprint density at radius 3 is 2.56 bits per heavy atom. The summed E-state index contributed by atoms with van der Waals surface area (Å²) in [6.07, 6.45) is 5.78. The molecule has 1 heterocycles. The van der Waals surface area contributed by atoms with E-state index in [1.54, 1.807) is 0 Å². The van der Waals surface area contributed by atoms with Gasteiger partial charge < -0.3 is 5.32 Å². The predicted octanol–water partition coefficient (Wildman–Crippen LogP) is 1.54. The lowest BCUT2D eigenvalue weighted by Gasteiger charge is -2.27. The van der Waals surface area contributed by atoms with E-state index in [1.807, 2.05) is 0 Å². The highest BCUT2D eigenvalue weighted by molar-refractivity contribution is 5.04. The molecule has 1 unspecified atom stereocenters. The minimum Gasteiger partial charge on any atom is -0.311 e. The lowest BCUT2D eigenvalue weighted by atomic mass is 9.95. The van der Waals surface area contributed by atoms with Crippen molar-refractivity contribution in [1.82, 2.24) is 5.32 Å². The molecule has 1 saturated carbocycles. The van der Waals surface area contributed by atoms with E-state index in [9.17, 15) is 0 Å². The van der Waals surface area contributed by atoms with Crippen LogP contribution in [0.5, 0.6) is 0 Å². The molecule has 2 aliphatic rings. The van der Waals surface area contributed by atoms with E-state index < -0.39 is 0 Å². The summed E-state index contributed by atoms with van der Waals surface area (Å²) in [4.78, 5) is 0. The fourth-order valence-corrected chi connectivity index (χ4v) is 1.68. The van der Waals surface area contributed by atoms with Crippen molar-refractivity contribution >= 4 is 0 Å². The average Bonchev–Trinajstić information content (AvgIpc) is 2.60. The van der Waals surface area contributed by atoms with E-state index in [4.69, 9.17) is 0 Å². The molecule has 2 fully saturated rings. The summed E-state index contributed by atoms with van der Waals surface area (Å²) < 4.78 is 0. The predicted molar refractivity (Wildman–Crippen MR) is 38.4 cm³/mol. The van der Waals surface area contributed by atoms with Gasteiger partial charge in [0, 0.05) is 5.54 Å². The summed E-state index contributed by atoms with van der Waals surface area (Å²) >= 11 is 0. The zero-order valence-electron chi connectivity index (χ0n) is 6.11. The maximum atomic E-state index is 3.62. The van der Waals surface area contributed by atoms with E-state index in [0.717, 1.165) is 5.92 Å². The van der Waals surface area contributed by atoms with Crippen LogP contribution in [0.3, 0.4) is 0 Å². The van der Waals surface area contributed by atoms with E-state index in [-0.39, 0.29) is 0 Å². The average molecular weight is 125 g/mol. The van der Waals surface area contributed by atoms with E-state index in [0.29, 0.717) is 5.54 Å². The van der Waals surface area contributed by atoms with Crippen molar-refractivity contribution in [2.75, 3.05) is 6.54 Å². The number of hydrogen-bond donors (Lipinski definition) is 1. The number of nitrogens with one attached hydrogen (secondary N) is 1. The molecule has 1 N–H and O–H groups in total.